The van der Waals surface area contributed by atoms with E-state index in [9.17, 15) is 13.5 Å². The summed E-state index contributed by atoms with van der Waals surface area (Å²) in [4.78, 5) is 0. The molecule has 7 heteroatoms. The summed E-state index contributed by atoms with van der Waals surface area (Å²) in [6.45, 7) is 0.239. The molecule has 0 amide bonds. The molecule has 0 fully saturated rings. The highest BCUT2D eigenvalue weighted by atomic mass is 32.2. The SMILES string of the molecule is CS(=O)(=O)Nc1ccc(OCC(O)CN)cc1. The third-order valence-corrected chi connectivity index (χ3v) is 2.48. The summed E-state index contributed by atoms with van der Waals surface area (Å²) in [5, 5.41) is 9.19. The Hall–Kier alpha value is -1.31. The smallest absolute Gasteiger partial charge is 0.229 e. The molecule has 0 saturated carbocycles. The molecule has 0 aromatic heterocycles. The van der Waals surface area contributed by atoms with Crippen molar-refractivity contribution >= 4 is 15.7 Å². The summed E-state index contributed by atoms with van der Waals surface area (Å²) in [6.07, 6.45) is 0.374. The number of rotatable bonds is 6. The predicted molar refractivity (Wildman–Crippen MR) is 65.5 cm³/mol. The van der Waals surface area contributed by atoms with E-state index in [1.807, 2.05) is 0 Å². The monoisotopic (exact) mass is 260 g/mol. The van der Waals surface area contributed by atoms with Crippen molar-refractivity contribution < 1.29 is 18.3 Å². The van der Waals surface area contributed by atoms with Crippen LogP contribution in [0.15, 0.2) is 24.3 Å². The lowest BCUT2D eigenvalue weighted by Gasteiger charge is -2.10. The van der Waals surface area contributed by atoms with Crippen LogP contribution >= 0.6 is 0 Å². The number of aliphatic hydroxyl groups is 1. The fraction of sp³-hybridized carbons (Fsp3) is 0.400. The van der Waals surface area contributed by atoms with Crippen molar-refractivity contribution in [3.8, 4) is 5.75 Å². The molecule has 0 aliphatic carbocycles. The summed E-state index contributed by atoms with van der Waals surface area (Å²) in [5.74, 6) is 0.538. The van der Waals surface area contributed by atoms with Gasteiger partial charge in [-0.25, -0.2) is 8.42 Å². The van der Waals surface area contributed by atoms with E-state index in [1.54, 1.807) is 24.3 Å². The summed E-state index contributed by atoms with van der Waals surface area (Å²) < 4.78 is 29.5. The van der Waals surface area contributed by atoms with E-state index in [2.05, 4.69) is 4.72 Å². The summed E-state index contributed by atoms with van der Waals surface area (Å²) >= 11 is 0. The minimum absolute atomic E-state index is 0.106. The van der Waals surface area contributed by atoms with E-state index < -0.39 is 16.1 Å². The van der Waals surface area contributed by atoms with Crippen molar-refractivity contribution in [2.45, 2.75) is 6.10 Å². The number of nitrogens with two attached hydrogens (primary N) is 1. The van der Waals surface area contributed by atoms with Crippen LogP contribution in [-0.2, 0) is 10.0 Å². The molecule has 4 N–H and O–H groups in total. The lowest BCUT2D eigenvalue weighted by molar-refractivity contribution is 0.114. The van der Waals surface area contributed by atoms with Crippen molar-refractivity contribution in [1.29, 1.82) is 0 Å². The van der Waals surface area contributed by atoms with Crippen LogP contribution in [0.2, 0.25) is 0 Å². The number of hydrogen-bond acceptors (Lipinski definition) is 5. The Morgan fingerprint density at radius 3 is 2.47 bits per heavy atom. The lowest BCUT2D eigenvalue weighted by Crippen LogP contribution is -2.26. The third-order valence-electron chi connectivity index (χ3n) is 1.87. The molecule has 0 spiro atoms. The molecule has 1 rings (SSSR count). The number of anilines is 1. The van der Waals surface area contributed by atoms with Gasteiger partial charge in [-0.2, -0.15) is 0 Å². The van der Waals surface area contributed by atoms with Gasteiger partial charge in [-0.1, -0.05) is 0 Å². The molecule has 1 aromatic rings. The van der Waals surface area contributed by atoms with E-state index in [0.717, 1.165) is 6.26 Å². The first-order valence-electron chi connectivity index (χ1n) is 4.99. The number of sulfonamides is 1. The van der Waals surface area contributed by atoms with Gasteiger partial charge >= 0.3 is 0 Å². The van der Waals surface area contributed by atoms with Gasteiger partial charge in [0.2, 0.25) is 10.0 Å². The van der Waals surface area contributed by atoms with Gasteiger partial charge < -0.3 is 15.6 Å². The van der Waals surface area contributed by atoms with Crippen molar-refractivity contribution in [2.24, 2.45) is 5.73 Å². The zero-order chi connectivity index (χ0) is 12.9. The van der Waals surface area contributed by atoms with Crippen LogP contribution in [-0.4, -0.2) is 39.0 Å². The standard InChI is InChI=1S/C10H16N2O4S/c1-17(14,15)12-8-2-4-10(5-3-8)16-7-9(13)6-11/h2-5,9,12-13H,6-7,11H2,1H3. The second kappa shape index (κ2) is 5.85. The number of aliphatic hydroxyl groups excluding tert-OH is 1. The highest BCUT2D eigenvalue weighted by Crippen LogP contribution is 2.16. The molecule has 1 aromatic carbocycles. The van der Waals surface area contributed by atoms with Crippen molar-refractivity contribution in [3.63, 3.8) is 0 Å². The first kappa shape index (κ1) is 13.8. The molecule has 0 saturated heterocycles. The van der Waals surface area contributed by atoms with Crippen LogP contribution in [0.3, 0.4) is 0 Å². The number of benzene rings is 1. The van der Waals surface area contributed by atoms with Gasteiger partial charge in [0.05, 0.1) is 6.26 Å². The molecule has 17 heavy (non-hydrogen) atoms. The highest BCUT2D eigenvalue weighted by molar-refractivity contribution is 7.92. The first-order chi connectivity index (χ1) is 7.90. The van der Waals surface area contributed by atoms with Crippen molar-refractivity contribution in [1.82, 2.24) is 0 Å². The Bertz CT molecular complexity index is 444. The fourth-order valence-corrected chi connectivity index (χ4v) is 1.66. The van der Waals surface area contributed by atoms with Crippen LogP contribution in [0.1, 0.15) is 0 Å². The zero-order valence-electron chi connectivity index (χ0n) is 9.46. The second-order valence-corrected chi connectivity index (χ2v) is 5.35. The zero-order valence-corrected chi connectivity index (χ0v) is 10.3. The average molecular weight is 260 g/mol. The van der Waals surface area contributed by atoms with Gasteiger partial charge in [-0.3, -0.25) is 4.72 Å². The fourth-order valence-electron chi connectivity index (χ4n) is 1.09. The molecule has 0 radical (unpaired) electrons. The summed E-state index contributed by atoms with van der Waals surface area (Å²) in [7, 11) is -3.27. The van der Waals surface area contributed by atoms with Crippen molar-refractivity contribution in [3.05, 3.63) is 24.3 Å². The van der Waals surface area contributed by atoms with Gasteiger partial charge in [-0.15, -0.1) is 0 Å². The predicted octanol–water partition coefficient (Wildman–Crippen LogP) is -0.243. The van der Waals surface area contributed by atoms with Gasteiger partial charge in [0, 0.05) is 12.2 Å². The van der Waals surface area contributed by atoms with E-state index in [4.69, 9.17) is 10.5 Å². The molecule has 6 nitrogen and oxygen atoms in total. The van der Waals surface area contributed by atoms with Crippen LogP contribution in [0.5, 0.6) is 5.75 Å². The molecular weight excluding hydrogens is 244 g/mol. The molecule has 1 unspecified atom stereocenters. The van der Waals surface area contributed by atoms with E-state index in [1.165, 1.54) is 0 Å². The minimum atomic E-state index is -3.27. The molecule has 1 atom stereocenters. The lowest BCUT2D eigenvalue weighted by atomic mass is 10.3. The number of nitrogens with one attached hydrogen (secondary N) is 1. The Labute approximate surface area is 100 Å². The van der Waals surface area contributed by atoms with Crippen LogP contribution in [0, 0.1) is 0 Å². The van der Waals surface area contributed by atoms with E-state index in [-0.39, 0.29) is 13.2 Å². The van der Waals surface area contributed by atoms with E-state index >= 15 is 0 Å². The normalized spacial score (nSPS) is 13.1. The largest absolute Gasteiger partial charge is 0.491 e. The van der Waals surface area contributed by atoms with Gasteiger partial charge in [-0.05, 0) is 24.3 Å². The van der Waals surface area contributed by atoms with Crippen molar-refractivity contribution in [2.75, 3.05) is 24.1 Å². The average Bonchev–Trinajstić information content (AvgIpc) is 2.25. The maximum absolute atomic E-state index is 11.0. The summed E-state index contributed by atoms with van der Waals surface area (Å²) in [6, 6.07) is 6.37. The van der Waals surface area contributed by atoms with Crippen LogP contribution in [0.4, 0.5) is 5.69 Å². The maximum atomic E-state index is 11.0. The van der Waals surface area contributed by atoms with Gasteiger partial charge in [0.25, 0.3) is 0 Å². The Balaban J connectivity index is 2.56. The quantitative estimate of drug-likeness (QED) is 0.655. The Morgan fingerprint density at radius 1 is 1.41 bits per heavy atom. The molecule has 0 aliphatic rings. The highest BCUT2D eigenvalue weighted by Gasteiger charge is 2.04. The topological polar surface area (TPSA) is 102 Å². The second-order valence-electron chi connectivity index (χ2n) is 3.60. The van der Waals surface area contributed by atoms with Crippen LogP contribution in [0.25, 0.3) is 0 Å². The number of ether oxygens (including phenoxy) is 1. The molecular formula is C10H16N2O4S. The molecule has 96 valence electrons. The number of hydrogen-bond donors (Lipinski definition) is 3. The minimum Gasteiger partial charge on any atom is -0.491 e. The Kier molecular flexibility index (Phi) is 4.73. The first-order valence-corrected chi connectivity index (χ1v) is 6.88. The Morgan fingerprint density at radius 2 is 2.00 bits per heavy atom. The van der Waals surface area contributed by atoms with Crippen LogP contribution < -0.4 is 15.2 Å². The summed E-state index contributed by atoms with van der Waals surface area (Å²) in [5.41, 5.74) is 5.68. The molecule has 0 aliphatic heterocycles. The van der Waals surface area contributed by atoms with Gasteiger partial charge in [0.15, 0.2) is 0 Å². The third kappa shape index (κ3) is 5.53. The van der Waals surface area contributed by atoms with E-state index in [0.29, 0.717) is 11.4 Å². The molecule has 0 heterocycles. The molecule has 0 bridgehead atoms. The van der Waals surface area contributed by atoms with Gasteiger partial charge in [0.1, 0.15) is 18.5 Å². The maximum Gasteiger partial charge on any atom is 0.229 e.